The lowest BCUT2D eigenvalue weighted by molar-refractivity contribution is 0.413. The summed E-state index contributed by atoms with van der Waals surface area (Å²) in [6.45, 7) is 4.40. The molecule has 3 heteroatoms. The van der Waals surface area contributed by atoms with Gasteiger partial charge in [0, 0.05) is 16.6 Å². The quantitative estimate of drug-likeness (QED) is 0.769. The molecule has 1 N–H and O–H groups in total. The fourth-order valence-electron chi connectivity index (χ4n) is 2.46. The molecule has 2 aromatic carbocycles. The highest BCUT2D eigenvalue weighted by Crippen LogP contribution is 2.25. The Labute approximate surface area is 135 Å². The highest BCUT2D eigenvalue weighted by atomic mass is 79.9. The Balaban J connectivity index is 2.10. The summed E-state index contributed by atoms with van der Waals surface area (Å²) < 4.78 is 6.33. The molecule has 0 heterocycles. The summed E-state index contributed by atoms with van der Waals surface area (Å²) in [6.07, 6.45) is 1.05. The van der Waals surface area contributed by atoms with E-state index in [2.05, 4.69) is 71.5 Å². The van der Waals surface area contributed by atoms with Gasteiger partial charge >= 0.3 is 0 Å². The maximum atomic E-state index is 5.21. The Kier molecular flexibility index (Phi) is 5.83. The van der Waals surface area contributed by atoms with Crippen LogP contribution >= 0.6 is 15.9 Å². The highest BCUT2D eigenvalue weighted by molar-refractivity contribution is 9.10. The zero-order chi connectivity index (χ0) is 15.2. The first-order valence-electron chi connectivity index (χ1n) is 7.29. The van der Waals surface area contributed by atoms with Crippen LogP contribution < -0.4 is 10.1 Å². The lowest BCUT2D eigenvalue weighted by atomic mass is 10.0. The standard InChI is InChI=1S/C18H22BrNO/c1-4-18(15-6-5-7-16(19)12-15)20-13(2)14-8-10-17(21-3)11-9-14/h5-13,18,20H,4H2,1-3H3. The Hall–Kier alpha value is -1.32. The van der Waals surface area contributed by atoms with E-state index in [-0.39, 0.29) is 0 Å². The van der Waals surface area contributed by atoms with Gasteiger partial charge < -0.3 is 10.1 Å². The second-order valence-electron chi connectivity index (χ2n) is 5.18. The summed E-state index contributed by atoms with van der Waals surface area (Å²) in [5.74, 6) is 0.894. The van der Waals surface area contributed by atoms with E-state index < -0.39 is 0 Å². The third-order valence-electron chi connectivity index (χ3n) is 3.73. The Bertz CT molecular complexity index is 568. The van der Waals surface area contributed by atoms with Crippen LogP contribution in [0.2, 0.25) is 0 Å². The monoisotopic (exact) mass is 347 g/mol. The normalized spacial score (nSPS) is 13.7. The average Bonchev–Trinajstić information content (AvgIpc) is 2.52. The number of rotatable bonds is 6. The van der Waals surface area contributed by atoms with E-state index in [4.69, 9.17) is 4.74 Å². The Morgan fingerprint density at radius 2 is 1.81 bits per heavy atom. The third-order valence-corrected chi connectivity index (χ3v) is 4.22. The van der Waals surface area contributed by atoms with Gasteiger partial charge in [-0.15, -0.1) is 0 Å². The second kappa shape index (κ2) is 7.62. The molecule has 0 amide bonds. The van der Waals surface area contributed by atoms with Gasteiger partial charge in [-0.25, -0.2) is 0 Å². The van der Waals surface area contributed by atoms with E-state index in [1.165, 1.54) is 11.1 Å². The largest absolute Gasteiger partial charge is 0.497 e. The molecule has 0 aliphatic rings. The molecule has 0 saturated heterocycles. The minimum atomic E-state index is 0.292. The lowest BCUT2D eigenvalue weighted by Crippen LogP contribution is -2.24. The zero-order valence-corrected chi connectivity index (χ0v) is 14.4. The first-order chi connectivity index (χ1) is 10.1. The number of methoxy groups -OCH3 is 1. The minimum Gasteiger partial charge on any atom is -0.497 e. The first-order valence-corrected chi connectivity index (χ1v) is 8.08. The van der Waals surface area contributed by atoms with Crippen molar-refractivity contribution in [2.75, 3.05) is 7.11 Å². The van der Waals surface area contributed by atoms with Crippen molar-refractivity contribution in [3.05, 3.63) is 64.1 Å². The van der Waals surface area contributed by atoms with E-state index in [0.717, 1.165) is 16.6 Å². The van der Waals surface area contributed by atoms with Gasteiger partial charge in [0.15, 0.2) is 0 Å². The van der Waals surface area contributed by atoms with Crippen LogP contribution in [0.3, 0.4) is 0 Å². The highest BCUT2D eigenvalue weighted by Gasteiger charge is 2.14. The fourth-order valence-corrected chi connectivity index (χ4v) is 2.88. The van der Waals surface area contributed by atoms with Crippen molar-refractivity contribution >= 4 is 15.9 Å². The van der Waals surface area contributed by atoms with Crippen LogP contribution in [0.5, 0.6) is 5.75 Å². The summed E-state index contributed by atoms with van der Waals surface area (Å²) in [5, 5.41) is 3.70. The molecule has 112 valence electrons. The Morgan fingerprint density at radius 3 is 2.38 bits per heavy atom. The molecule has 21 heavy (non-hydrogen) atoms. The van der Waals surface area contributed by atoms with E-state index in [1.54, 1.807) is 7.11 Å². The smallest absolute Gasteiger partial charge is 0.118 e. The molecule has 0 bridgehead atoms. The van der Waals surface area contributed by atoms with Crippen molar-refractivity contribution in [2.45, 2.75) is 32.4 Å². The summed E-state index contributed by atoms with van der Waals surface area (Å²) in [7, 11) is 1.69. The van der Waals surface area contributed by atoms with Gasteiger partial charge in [-0.2, -0.15) is 0 Å². The third kappa shape index (κ3) is 4.32. The van der Waals surface area contributed by atoms with Crippen molar-refractivity contribution in [3.63, 3.8) is 0 Å². The van der Waals surface area contributed by atoms with Crippen LogP contribution in [0.15, 0.2) is 53.0 Å². The topological polar surface area (TPSA) is 21.3 Å². The fraction of sp³-hybridized carbons (Fsp3) is 0.333. The molecule has 0 aliphatic carbocycles. The summed E-state index contributed by atoms with van der Waals surface area (Å²) in [6, 6.07) is 17.4. The van der Waals surface area contributed by atoms with Crippen LogP contribution in [0.1, 0.15) is 43.5 Å². The van der Waals surface area contributed by atoms with Gasteiger partial charge in [0.2, 0.25) is 0 Å². The number of ether oxygens (including phenoxy) is 1. The molecule has 0 aliphatic heterocycles. The van der Waals surface area contributed by atoms with E-state index >= 15 is 0 Å². The summed E-state index contributed by atoms with van der Waals surface area (Å²) in [4.78, 5) is 0. The lowest BCUT2D eigenvalue weighted by Gasteiger charge is -2.23. The van der Waals surface area contributed by atoms with E-state index in [0.29, 0.717) is 12.1 Å². The molecule has 2 rings (SSSR count). The van der Waals surface area contributed by atoms with Gasteiger partial charge in [-0.3, -0.25) is 0 Å². The number of benzene rings is 2. The van der Waals surface area contributed by atoms with Crippen LogP contribution in [0.4, 0.5) is 0 Å². The van der Waals surface area contributed by atoms with Gasteiger partial charge in [-0.05, 0) is 48.7 Å². The molecule has 2 atom stereocenters. The molecule has 2 nitrogen and oxygen atoms in total. The summed E-state index contributed by atoms with van der Waals surface area (Å²) >= 11 is 3.54. The van der Waals surface area contributed by atoms with Crippen LogP contribution in [0.25, 0.3) is 0 Å². The van der Waals surface area contributed by atoms with Gasteiger partial charge in [-0.1, -0.05) is 47.1 Å². The summed E-state index contributed by atoms with van der Waals surface area (Å²) in [5.41, 5.74) is 2.58. The first kappa shape index (κ1) is 16.1. The van der Waals surface area contributed by atoms with E-state index in [9.17, 15) is 0 Å². The molecule has 0 fully saturated rings. The Morgan fingerprint density at radius 1 is 1.10 bits per heavy atom. The average molecular weight is 348 g/mol. The van der Waals surface area contributed by atoms with Crippen molar-refractivity contribution < 1.29 is 4.74 Å². The predicted molar refractivity (Wildman–Crippen MR) is 91.7 cm³/mol. The van der Waals surface area contributed by atoms with Crippen molar-refractivity contribution in [1.29, 1.82) is 0 Å². The van der Waals surface area contributed by atoms with E-state index in [1.807, 2.05) is 12.1 Å². The minimum absolute atomic E-state index is 0.292. The number of nitrogens with one attached hydrogen (secondary N) is 1. The molecule has 0 radical (unpaired) electrons. The van der Waals surface area contributed by atoms with Gasteiger partial charge in [0.05, 0.1) is 7.11 Å². The molecule has 0 spiro atoms. The molecule has 0 saturated carbocycles. The zero-order valence-electron chi connectivity index (χ0n) is 12.8. The maximum Gasteiger partial charge on any atom is 0.118 e. The van der Waals surface area contributed by atoms with Gasteiger partial charge in [0.25, 0.3) is 0 Å². The van der Waals surface area contributed by atoms with Crippen LogP contribution in [-0.2, 0) is 0 Å². The predicted octanol–water partition coefficient (Wildman–Crippen LogP) is 5.26. The van der Waals surface area contributed by atoms with Crippen molar-refractivity contribution in [3.8, 4) is 5.75 Å². The van der Waals surface area contributed by atoms with Crippen LogP contribution in [0, 0.1) is 0 Å². The molecular weight excluding hydrogens is 326 g/mol. The second-order valence-corrected chi connectivity index (χ2v) is 6.09. The molecular formula is C18H22BrNO. The maximum absolute atomic E-state index is 5.21. The SMILES string of the molecule is CCC(NC(C)c1ccc(OC)cc1)c1cccc(Br)c1. The number of hydrogen-bond donors (Lipinski definition) is 1. The number of hydrogen-bond acceptors (Lipinski definition) is 2. The van der Waals surface area contributed by atoms with Crippen LogP contribution in [-0.4, -0.2) is 7.11 Å². The van der Waals surface area contributed by atoms with Gasteiger partial charge in [0.1, 0.15) is 5.75 Å². The number of halogens is 1. The van der Waals surface area contributed by atoms with Crippen molar-refractivity contribution in [2.24, 2.45) is 0 Å². The molecule has 2 unspecified atom stereocenters. The van der Waals surface area contributed by atoms with Crippen molar-refractivity contribution in [1.82, 2.24) is 5.32 Å². The molecule has 2 aromatic rings. The molecule has 0 aromatic heterocycles.